The van der Waals surface area contributed by atoms with Gasteiger partial charge < -0.3 is 10.2 Å². The largest absolute Gasteiger partial charge is 0.341 e. The van der Waals surface area contributed by atoms with Crippen molar-refractivity contribution in [2.75, 3.05) is 19.6 Å². The fraction of sp³-hybridized carbons (Fsp3) is 0.900. The molecule has 1 aliphatic heterocycles. The van der Waals surface area contributed by atoms with Gasteiger partial charge in [0.1, 0.15) is 0 Å². The van der Waals surface area contributed by atoms with E-state index in [2.05, 4.69) is 12.2 Å². The molecule has 0 saturated carbocycles. The van der Waals surface area contributed by atoms with E-state index in [1.54, 1.807) is 0 Å². The van der Waals surface area contributed by atoms with Crippen LogP contribution in [-0.2, 0) is 4.79 Å². The number of amides is 1. The lowest BCUT2D eigenvalue weighted by atomic mass is 10.2. The summed E-state index contributed by atoms with van der Waals surface area (Å²) in [4.78, 5) is 13.6. The van der Waals surface area contributed by atoms with Gasteiger partial charge in [-0.25, -0.2) is 0 Å². The van der Waals surface area contributed by atoms with E-state index < -0.39 is 0 Å². The molecule has 1 fully saturated rings. The average Bonchev–Trinajstić information content (AvgIpc) is 2.52. The van der Waals surface area contributed by atoms with Crippen molar-refractivity contribution in [1.82, 2.24) is 10.2 Å². The van der Waals surface area contributed by atoms with Gasteiger partial charge in [-0.15, -0.1) is 0 Å². The Hall–Kier alpha value is -0.570. The van der Waals surface area contributed by atoms with Crippen molar-refractivity contribution >= 4 is 5.91 Å². The number of likely N-dealkylation sites (N-methyl/N-ethyl adjacent to an activating group) is 1. The maximum Gasteiger partial charge on any atom is 0.225 e. The summed E-state index contributed by atoms with van der Waals surface area (Å²) in [6.07, 6.45) is 1.10. The van der Waals surface area contributed by atoms with E-state index in [0.717, 1.165) is 26.1 Å². The fourth-order valence-electron chi connectivity index (χ4n) is 1.78. The number of nitrogens with zero attached hydrogens (tertiary/aromatic N) is 1. The molecule has 3 nitrogen and oxygen atoms in total. The van der Waals surface area contributed by atoms with Crippen LogP contribution in [0.15, 0.2) is 0 Å². The Morgan fingerprint density at radius 1 is 1.62 bits per heavy atom. The van der Waals surface area contributed by atoms with Crippen LogP contribution in [-0.4, -0.2) is 36.5 Å². The summed E-state index contributed by atoms with van der Waals surface area (Å²) in [6.45, 7) is 8.84. The van der Waals surface area contributed by atoms with Crippen LogP contribution in [0.25, 0.3) is 0 Å². The van der Waals surface area contributed by atoms with Crippen molar-refractivity contribution in [2.45, 2.75) is 33.2 Å². The van der Waals surface area contributed by atoms with Crippen LogP contribution >= 0.6 is 0 Å². The van der Waals surface area contributed by atoms with Gasteiger partial charge in [0.2, 0.25) is 5.91 Å². The summed E-state index contributed by atoms with van der Waals surface area (Å²) in [7, 11) is 0. The van der Waals surface area contributed by atoms with E-state index in [0.29, 0.717) is 11.9 Å². The van der Waals surface area contributed by atoms with Crippen LogP contribution in [0.4, 0.5) is 0 Å². The SMILES string of the molecule is CCN[C@H]1CCN(C(=O)C(C)C)C1. The maximum absolute atomic E-state index is 11.6. The molecule has 1 aliphatic rings. The lowest BCUT2D eigenvalue weighted by Crippen LogP contribution is -2.36. The van der Waals surface area contributed by atoms with Gasteiger partial charge in [0.15, 0.2) is 0 Å². The first kappa shape index (κ1) is 10.5. The molecule has 13 heavy (non-hydrogen) atoms. The van der Waals surface area contributed by atoms with Crippen molar-refractivity contribution in [1.29, 1.82) is 0 Å². The number of carbonyl (C=O) groups excluding carboxylic acids is 1. The van der Waals surface area contributed by atoms with Gasteiger partial charge in [0.05, 0.1) is 0 Å². The Labute approximate surface area is 80.5 Å². The third kappa shape index (κ3) is 2.69. The molecule has 1 rings (SSSR count). The molecule has 0 bridgehead atoms. The average molecular weight is 184 g/mol. The molecule has 1 atom stereocenters. The molecule has 0 aromatic heterocycles. The molecule has 0 spiro atoms. The van der Waals surface area contributed by atoms with E-state index in [1.165, 1.54) is 0 Å². The Bertz CT molecular complexity index is 180. The third-order valence-electron chi connectivity index (χ3n) is 2.49. The molecule has 1 amide bonds. The normalized spacial score (nSPS) is 22.8. The summed E-state index contributed by atoms with van der Waals surface area (Å²) in [5.41, 5.74) is 0. The smallest absolute Gasteiger partial charge is 0.225 e. The van der Waals surface area contributed by atoms with E-state index >= 15 is 0 Å². The summed E-state index contributed by atoms with van der Waals surface area (Å²) >= 11 is 0. The highest BCUT2D eigenvalue weighted by atomic mass is 16.2. The van der Waals surface area contributed by atoms with Gasteiger partial charge >= 0.3 is 0 Å². The highest BCUT2D eigenvalue weighted by Crippen LogP contribution is 2.12. The zero-order valence-corrected chi connectivity index (χ0v) is 8.84. The molecular weight excluding hydrogens is 164 g/mol. The van der Waals surface area contributed by atoms with Crippen molar-refractivity contribution in [3.63, 3.8) is 0 Å². The zero-order chi connectivity index (χ0) is 9.84. The van der Waals surface area contributed by atoms with Gasteiger partial charge in [-0.05, 0) is 13.0 Å². The van der Waals surface area contributed by atoms with Crippen LogP contribution in [0.3, 0.4) is 0 Å². The first-order valence-corrected chi connectivity index (χ1v) is 5.17. The quantitative estimate of drug-likeness (QED) is 0.705. The first-order valence-electron chi connectivity index (χ1n) is 5.17. The number of rotatable bonds is 3. The van der Waals surface area contributed by atoms with Crippen molar-refractivity contribution in [3.05, 3.63) is 0 Å². The second-order valence-electron chi connectivity index (χ2n) is 3.98. The summed E-state index contributed by atoms with van der Waals surface area (Å²) in [6, 6.07) is 0.521. The topological polar surface area (TPSA) is 32.3 Å². The molecule has 0 aliphatic carbocycles. The molecule has 0 aromatic rings. The van der Waals surface area contributed by atoms with E-state index in [4.69, 9.17) is 0 Å². The summed E-state index contributed by atoms with van der Waals surface area (Å²) in [5.74, 6) is 0.431. The number of carbonyl (C=O) groups is 1. The Morgan fingerprint density at radius 3 is 2.85 bits per heavy atom. The second kappa shape index (κ2) is 4.61. The number of hydrogen-bond donors (Lipinski definition) is 1. The van der Waals surface area contributed by atoms with Crippen molar-refractivity contribution in [2.24, 2.45) is 5.92 Å². The number of nitrogens with one attached hydrogen (secondary N) is 1. The number of likely N-dealkylation sites (tertiary alicyclic amines) is 1. The standard InChI is InChI=1S/C10H20N2O/c1-4-11-9-5-6-12(7-9)10(13)8(2)3/h8-9,11H,4-7H2,1-3H3/t9-/m0/s1. The Kier molecular flexibility index (Phi) is 3.72. The summed E-state index contributed by atoms with van der Waals surface area (Å²) in [5, 5.41) is 3.37. The van der Waals surface area contributed by atoms with E-state index in [-0.39, 0.29) is 5.92 Å². The molecule has 0 aromatic carbocycles. The van der Waals surface area contributed by atoms with Gasteiger partial charge in [-0.2, -0.15) is 0 Å². The lowest BCUT2D eigenvalue weighted by Gasteiger charge is -2.18. The molecule has 0 unspecified atom stereocenters. The summed E-state index contributed by atoms with van der Waals surface area (Å²) < 4.78 is 0. The second-order valence-corrected chi connectivity index (χ2v) is 3.98. The lowest BCUT2D eigenvalue weighted by molar-refractivity contribution is -0.133. The van der Waals surface area contributed by atoms with E-state index in [9.17, 15) is 4.79 Å². The molecule has 1 heterocycles. The van der Waals surface area contributed by atoms with Crippen LogP contribution in [0.5, 0.6) is 0 Å². The Morgan fingerprint density at radius 2 is 2.31 bits per heavy atom. The minimum atomic E-state index is 0.139. The Balaban J connectivity index is 2.36. The van der Waals surface area contributed by atoms with Gasteiger partial charge in [0, 0.05) is 25.0 Å². The molecular formula is C10H20N2O. The fourth-order valence-corrected chi connectivity index (χ4v) is 1.78. The van der Waals surface area contributed by atoms with Crippen LogP contribution in [0.1, 0.15) is 27.2 Å². The minimum Gasteiger partial charge on any atom is -0.341 e. The zero-order valence-electron chi connectivity index (χ0n) is 8.84. The van der Waals surface area contributed by atoms with Crippen molar-refractivity contribution < 1.29 is 4.79 Å². The first-order chi connectivity index (χ1) is 6.15. The van der Waals surface area contributed by atoms with Crippen LogP contribution in [0.2, 0.25) is 0 Å². The molecule has 1 saturated heterocycles. The maximum atomic E-state index is 11.6. The van der Waals surface area contributed by atoms with Gasteiger partial charge in [-0.1, -0.05) is 20.8 Å². The highest BCUT2D eigenvalue weighted by molar-refractivity contribution is 5.78. The molecule has 0 radical (unpaired) electrons. The molecule has 1 N–H and O–H groups in total. The monoisotopic (exact) mass is 184 g/mol. The van der Waals surface area contributed by atoms with E-state index in [1.807, 2.05) is 18.7 Å². The number of hydrogen-bond acceptors (Lipinski definition) is 2. The molecule has 76 valence electrons. The minimum absolute atomic E-state index is 0.139. The predicted octanol–water partition coefficient (Wildman–Crippen LogP) is 0.853. The van der Waals surface area contributed by atoms with Gasteiger partial charge in [0.25, 0.3) is 0 Å². The van der Waals surface area contributed by atoms with Crippen molar-refractivity contribution in [3.8, 4) is 0 Å². The molecule has 3 heteroatoms. The third-order valence-corrected chi connectivity index (χ3v) is 2.49. The van der Waals surface area contributed by atoms with Crippen LogP contribution in [0, 0.1) is 5.92 Å². The predicted molar refractivity (Wildman–Crippen MR) is 53.5 cm³/mol. The van der Waals surface area contributed by atoms with Gasteiger partial charge in [-0.3, -0.25) is 4.79 Å². The van der Waals surface area contributed by atoms with Crippen LogP contribution < -0.4 is 5.32 Å². The highest BCUT2D eigenvalue weighted by Gasteiger charge is 2.26.